The zero-order valence-corrected chi connectivity index (χ0v) is 13.8. The van der Waals surface area contributed by atoms with E-state index in [2.05, 4.69) is 5.32 Å². The lowest BCUT2D eigenvalue weighted by Gasteiger charge is -2.32. The summed E-state index contributed by atoms with van der Waals surface area (Å²) in [5.41, 5.74) is 0.233. The van der Waals surface area contributed by atoms with Crippen molar-refractivity contribution >= 4 is 0 Å². The van der Waals surface area contributed by atoms with E-state index in [9.17, 15) is 4.39 Å². The van der Waals surface area contributed by atoms with Crippen LogP contribution in [0.5, 0.6) is 17.2 Å². The van der Waals surface area contributed by atoms with Crippen LogP contribution >= 0.6 is 0 Å². The van der Waals surface area contributed by atoms with Crippen molar-refractivity contribution in [3.05, 3.63) is 53.7 Å². The Morgan fingerprint density at radius 3 is 2.92 bits per heavy atom. The Bertz CT molecular complexity index is 958. The molecule has 0 amide bonds. The molecule has 1 N–H and O–H groups in total. The average molecular weight is 348 g/mol. The summed E-state index contributed by atoms with van der Waals surface area (Å²) in [6.45, 7) is 2.97. The van der Waals surface area contributed by atoms with E-state index in [4.69, 9.17) is 21.1 Å². The number of nitrogens with one attached hydrogen (secondary N) is 1. The summed E-state index contributed by atoms with van der Waals surface area (Å²) in [6, 6.07) is 3.09. The Labute approximate surface area is 153 Å². The second kappa shape index (κ2) is 6.92. The fraction of sp³-hybridized carbons (Fsp3) is 0.400. The molecule has 1 unspecified atom stereocenters. The molecule has 2 aromatic carbocycles. The molecule has 2 aliphatic rings. The minimum Gasteiger partial charge on any atom is -0.493 e. The molecular weight excluding hydrogens is 321 g/mol. The monoisotopic (exact) mass is 348 g/mol. The maximum absolute atomic E-state index is 13.9. The Morgan fingerprint density at radius 1 is 1.28 bits per heavy atom. The van der Waals surface area contributed by atoms with Gasteiger partial charge in [0.15, 0.2) is 11.5 Å². The van der Waals surface area contributed by atoms with Crippen molar-refractivity contribution in [1.82, 2.24) is 5.32 Å². The van der Waals surface area contributed by atoms with E-state index < -0.39 is 24.2 Å². The smallest absolute Gasteiger partial charge is 0.238 e. The molecule has 0 saturated carbocycles. The van der Waals surface area contributed by atoms with Gasteiger partial charge in [-0.15, -0.1) is 0 Å². The third-order valence-corrected chi connectivity index (χ3v) is 4.48. The van der Waals surface area contributed by atoms with Crippen LogP contribution in [-0.4, -0.2) is 26.0 Å². The molecule has 2 heterocycles. The maximum Gasteiger partial charge on any atom is 0.238 e. The molecule has 0 aromatic heterocycles. The minimum atomic E-state index is -1.47. The highest BCUT2D eigenvalue weighted by molar-refractivity contribution is 5.47. The minimum absolute atomic E-state index is 0.136. The first-order valence-electron chi connectivity index (χ1n) is 10.8. The van der Waals surface area contributed by atoms with Crippen LogP contribution in [0.3, 0.4) is 0 Å². The number of rotatable bonds is 4. The van der Waals surface area contributed by atoms with Crippen LogP contribution in [0.15, 0.2) is 42.4 Å². The molecule has 3 atom stereocenters. The van der Waals surface area contributed by atoms with Gasteiger partial charge in [0.05, 0.1) is 12.1 Å². The largest absolute Gasteiger partial charge is 0.493 e. The molecule has 0 radical (unpaired) electrons. The Kier molecular flexibility index (Phi) is 3.15. The second-order valence-corrected chi connectivity index (χ2v) is 6.20. The van der Waals surface area contributed by atoms with Crippen LogP contribution in [0.1, 0.15) is 31.7 Å². The first-order chi connectivity index (χ1) is 14.2. The quantitative estimate of drug-likeness (QED) is 0.914. The van der Waals surface area contributed by atoms with Crippen LogP contribution in [0.2, 0.25) is 0 Å². The number of piperidine rings is 1. The highest BCUT2D eigenvalue weighted by Gasteiger charge is 2.27. The van der Waals surface area contributed by atoms with E-state index in [0.29, 0.717) is 36.8 Å². The molecule has 2 aliphatic heterocycles. The number of hydrogen-bond acceptors (Lipinski definition) is 4. The summed E-state index contributed by atoms with van der Waals surface area (Å²) in [5.74, 6) is -0.155. The Morgan fingerprint density at radius 2 is 2.08 bits per heavy atom. The third kappa shape index (κ3) is 3.56. The highest BCUT2D eigenvalue weighted by Crippen LogP contribution is 2.38. The first-order valence-corrected chi connectivity index (χ1v) is 8.29. The van der Waals surface area contributed by atoms with Crippen molar-refractivity contribution in [2.45, 2.75) is 25.5 Å². The summed E-state index contributed by atoms with van der Waals surface area (Å²) in [6.07, 6.45) is -0.881. The van der Waals surface area contributed by atoms with Crippen molar-refractivity contribution in [3.63, 3.8) is 0 Å². The van der Waals surface area contributed by atoms with E-state index in [1.165, 1.54) is 6.92 Å². The summed E-state index contributed by atoms with van der Waals surface area (Å²) in [5, 5.41) is 3.26. The lowest BCUT2D eigenvalue weighted by molar-refractivity contribution is 0.0678. The van der Waals surface area contributed by atoms with E-state index >= 15 is 0 Å². The van der Waals surface area contributed by atoms with Crippen LogP contribution in [0.25, 0.3) is 0 Å². The summed E-state index contributed by atoms with van der Waals surface area (Å²) in [4.78, 5) is 0. The van der Waals surface area contributed by atoms with E-state index in [1.54, 1.807) is 18.2 Å². The number of halogens is 1. The van der Waals surface area contributed by atoms with Gasteiger partial charge in [0.2, 0.25) is 6.27 Å². The molecular formula is C20H22FNO3. The van der Waals surface area contributed by atoms with Crippen LogP contribution in [0, 0.1) is 11.7 Å². The summed E-state index contributed by atoms with van der Waals surface area (Å²) < 4.78 is 70.4. The van der Waals surface area contributed by atoms with Gasteiger partial charge in [0.25, 0.3) is 0 Å². The number of ether oxygens (including phenoxy) is 3. The van der Waals surface area contributed by atoms with Gasteiger partial charge in [-0.3, -0.25) is 0 Å². The Balaban J connectivity index is 1.55. The predicted octanol–water partition coefficient (Wildman–Crippen LogP) is 3.72. The van der Waals surface area contributed by atoms with Crippen molar-refractivity contribution in [1.29, 1.82) is 0 Å². The van der Waals surface area contributed by atoms with Gasteiger partial charge in [-0.05, 0) is 48.7 Å². The Hall–Kier alpha value is -2.27. The predicted molar refractivity (Wildman–Crippen MR) is 92.8 cm³/mol. The standard InChI is InChI=1S/C20H22FNO3/c1-13-24-19-7-6-17(10-20(19)25-13)23-12-15-11-22-9-8-18(15)14-2-4-16(21)5-3-14/h2-7,10,13,15,18,22H,8-9,11-12H2,1H3/t13?,15-,18-/m1/s1/i2D,3D,4D,5D,13D. The second-order valence-electron chi connectivity index (χ2n) is 6.20. The number of hydrogen-bond donors (Lipinski definition) is 1. The zero-order valence-electron chi connectivity index (χ0n) is 18.8. The van der Waals surface area contributed by atoms with Gasteiger partial charge in [-0.25, -0.2) is 4.39 Å². The molecule has 4 rings (SSSR count). The van der Waals surface area contributed by atoms with E-state index in [1.807, 2.05) is 0 Å². The van der Waals surface area contributed by atoms with Crippen molar-refractivity contribution in [3.8, 4) is 17.2 Å². The average Bonchev–Trinajstić information content (AvgIpc) is 3.03. The summed E-state index contributed by atoms with van der Waals surface area (Å²) in [7, 11) is 0. The zero-order chi connectivity index (χ0) is 21.6. The van der Waals surface area contributed by atoms with Gasteiger partial charge in [-0.2, -0.15) is 0 Å². The third-order valence-electron chi connectivity index (χ3n) is 4.48. The van der Waals surface area contributed by atoms with Crippen molar-refractivity contribution in [2.75, 3.05) is 19.7 Å². The van der Waals surface area contributed by atoms with Gasteiger partial charge in [0, 0.05) is 25.5 Å². The molecule has 132 valence electrons. The van der Waals surface area contributed by atoms with Gasteiger partial charge in [-0.1, -0.05) is 12.1 Å². The normalized spacial score (nSPS) is 30.7. The van der Waals surface area contributed by atoms with E-state index in [-0.39, 0.29) is 36.1 Å². The van der Waals surface area contributed by atoms with E-state index in [0.717, 1.165) is 0 Å². The van der Waals surface area contributed by atoms with Crippen molar-refractivity contribution in [2.24, 2.45) is 5.92 Å². The van der Waals surface area contributed by atoms with Gasteiger partial charge < -0.3 is 19.5 Å². The molecule has 0 aliphatic carbocycles. The lowest BCUT2D eigenvalue weighted by atomic mass is 9.81. The van der Waals surface area contributed by atoms with Crippen LogP contribution in [0.4, 0.5) is 4.39 Å². The molecule has 1 fully saturated rings. The molecule has 25 heavy (non-hydrogen) atoms. The number of benzene rings is 2. The van der Waals surface area contributed by atoms with Crippen LogP contribution in [-0.2, 0) is 0 Å². The lowest BCUT2D eigenvalue weighted by Crippen LogP contribution is -2.38. The molecule has 4 nitrogen and oxygen atoms in total. The molecule has 0 spiro atoms. The fourth-order valence-corrected chi connectivity index (χ4v) is 3.25. The summed E-state index contributed by atoms with van der Waals surface area (Å²) >= 11 is 0. The molecule has 0 bridgehead atoms. The van der Waals surface area contributed by atoms with Gasteiger partial charge >= 0.3 is 0 Å². The maximum atomic E-state index is 13.9. The van der Waals surface area contributed by atoms with Gasteiger partial charge in [0.1, 0.15) is 12.9 Å². The SMILES string of the molecule is [2H]c1c([2H])c([C@H]2CCNC[C@@H]2COc2ccc3c(c2)OC([2H])(C)O3)c([2H])c([2H])c1F. The fourth-order valence-electron chi connectivity index (χ4n) is 3.25. The highest BCUT2D eigenvalue weighted by atomic mass is 19.1. The van der Waals surface area contributed by atoms with Crippen molar-refractivity contribution < 1.29 is 25.5 Å². The molecule has 1 saturated heterocycles. The first kappa shape index (κ1) is 11.4. The number of fused-ring (bicyclic) bond motifs is 1. The topological polar surface area (TPSA) is 39.7 Å². The molecule has 5 heteroatoms. The molecule has 2 aromatic rings. The van der Waals surface area contributed by atoms with Crippen LogP contribution < -0.4 is 19.5 Å².